The van der Waals surface area contributed by atoms with Crippen molar-refractivity contribution in [1.29, 1.82) is 0 Å². The molecule has 0 saturated heterocycles. The molecule has 0 amide bonds. The third-order valence-corrected chi connectivity index (χ3v) is 3.24. The number of halogens is 1. The Labute approximate surface area is 98.7 Å². The van der Waals surface area contributed by atoms with Gasteiger partial charge in [-0.2, -0.15) is 0 Å². The number of hydrogen-bond acceptors (Lipinski definition) is 2. The normalized spacial score (nSPS) is 12.6. The Morgan fingerprint density at radius 2 is 2.14 bits per heavy atom. The van der Waals surface area contributed by atoms with E-state index in [1.54, 1.807) is 7.11 Å². The number of benzene rings is 1. The Kier molecular flexibility index (Phi) is 4.68. The second-order valence-corrected chi connectivity index (χ2v) is 4.05. The molecule has 0 unspecified atom stereocenters. The zero-order valence-corrected chi connectivity index (χ0v) is 10.9. The van der Waals surface area contributed by atoms with Gasteiger partial charge >= 0.3 is 0 Å². The molecule has 0 heterocycles. The molecule has 1 atom stereocenters. The van der Waals surface area contributed by atoms with Gasteiger partial charge in [-0.05, 0) is 48.1 Å². The van der Waals surface area contributed by atoms with E-state index in [1.807, 2.05) is 26.0 Å². The first-order valence-electron chi connectivity index (χ1n) is 4.64. The molecular formula is C11H15IO2. The summed E-state index contributed by atoms with van der Waals surface area (Å²) >= 11 is 2.30. The Hall–Kier alpha value is -0.290. The van der Waals surface area contributed by atoms with Crippen LogP contribution in [-0.2, 0) is 4.74 Å². The summed E-state index contributed by atoms with van der Waals surface area (Å²) in [7, 11) is 1.72. The lowest BCUT2D eigenvalue weighted by atomic mass is 10.1. The van der Waals surface area contributed by atoms with Crippen molar-refractivity contribution >= 4 is 22.6 Å². The Morgan fingerprint density at radius 1 is 1.43 bits per heavy atom. The van der Waals surface area contributed by atoms with Gasteiger partial charge in [0.25, 0.3) is 0 Å². The standard InChI is InChI=1S/C11H15IO2/c1-4-14-10-7-5-6-9(11(10)12)8(2)13-3/h5-8H,4H2,1-3H3/t8-/m0/s1. The predicted octanol–water partition coefficient (Wildman–Crippen LogP) is 3.40. The smallest absolute Gasteiger partial charge is 0.132 e. The van der Waals surface area contributed by atoms with Crippen LogP contribution in [0, 0.1) is 3.57 Å². The fourth-order valence-corrected chi connectivity index (χ4v) is 2.19. The van der Waals surface area contributed by atoms with E-state index in [4.69, 9.17) is 9.47 Å². The molecule has 0 N–H and O–H groups in total. The average Bonchev–Trinajstić information content (AvgIpc) is 2.20. The maximum atomic E-state index is 5.51. The maximum Gasteiger partial charge on any atom is 0.132 e. The van der Waals surface area contributed by atoms with Gasteiger partial charge in [0.2, 0.25) is 0 Å². The summed E-state index contributed by atoms with van der Waals surface area (Å²) in [5, 5.41) is 0. The highest BCUT2D eigenvalue weighted by Crippen LogP contribution is 2.29. The number of methoxy groups -OCH3 is 1. The van der Waals surface area contributed by atoms with E-state index < -0.39 is 0 Å². The van der Waals surface area contributed by atoms with E-state index in [-0.39, 0.29) is 6.10 Å². The molecule has 1 aromatic carbocycles. The summed E-state index contributed by atoms with van der Waals surface area (Å²) in [5.74, 6) is 0.939. The molecule has 1 aromatic rings. The van der Waals surface area contributed by atoms with Crippen LogP contribution in [0.25, 0.3) is 0 Å². The maximum absolute atomic E-state index is 5.51. The number of rotatable bonds is 4. The van der Waals surface area contributed by atoms with Crippen LogP contribution in [0.3, 0.4) is 0 Å². The predicted molar refractivity (Wildman–Crippen MR) is 65.8 cm³/mol. The first-order valence-corrected chi connectivity index (χ1v) is 5.72. The molecule has 3 heteroatoms. The van der Waals surface area contributed by atoms with Crippen LogP contribution in [0.5, 0.6) is 5.75 Å². The van der Waals surface area contributed by atoms with Crippen molar-refractivity contribution in [1.82, 2.24) is 0 Å². The first kappa shape index (κ1) is 11.8. The second kappa shape index (κ2) is 5.56. The molecule has 0 aromatic heterocycles. The van der Waals surface area contributed by atoms with E-state index in [1.165, 1.54) is 5.56 Å². The molecule has 0 aliphatic rings. The average molecular weight is 306 g/mol. The third kappa shape index (κ3) is 2.60. The van der Waals surface area contributed by atoms with Crippen molar-refractivity contribution in [3.63, 3.8) is 0 Å². The zero-order chi connectivity index (χ0) is 10.6. The van der Waals surface area contributed by atoms with Gasteiger partial charge in [-0.3, -0.25) is 0 Å². The molecule has 0 fully saturated rings. The van der Waals surface area contributed by atoms with E-state index in [0.29, 0.717) is 6.61 Å². The summed E-state index contributed by atoms with van der Waals surface area (Å²) in [6.45, 7) is 4.72. The van der Waals surface area contributed by atoms with Gasteiger partial charge in [0.05, 0.1) is 16.3 Å². The van der Waals surface area contributed by atoms with Crippen molar-refractivity contribution in [2.75, 3.05) is 13.7 Å². The topological polar surface area (TPSA) is 18.5 Å². The molecule has 2 nitrogen and oxygen atoms in total. The largest absolute Gasteiger partial charge is 0.493 e. The summed E-state index contributed by atoms with van der Waals surface area (Å²) in [6, 6.07) is 6.05. The van der Waals surface area contributed by atoms with Crippen molar-refractivity contribution in [2.45, 2.75) is 20.0 Å². The quantitative estimate of drug-likeness (QED) is 0.794. The van der Waals surface area contributed by atoms with Gasteiger partial charge in [-0.15, -0.1) is 0 Å². The molecule has 78 valence electrons. The number of hydrogen-bond donors (Lipinski definition) is 0. The Morgan fingerprint density at radius 3 is 2.71 bits per heavy atom. The fraction of sp³-hybridized carbons (Fsp3) is 0.455. The van der Waals surface area contributed by atoms with Gasteiger partial charge in [0.1, 0.15) is 5.75 Å². The highest BCUT2D eigenvalue weighted by molar-refractivity contribution is 14.1. The Bertz CT molecular complexity index is 299. The molecule has 14 heavy (non-hydrogen) atoms. The minimum Gasteiger partial charge on any atom is -0.493 e. The summed E-state index contributed by atoms with van der Waals surface area (Å²) in [6.07, 6.45) is 0.113. The second-order valence-electron chi connectivity index (χ2n) is 2.97. The van der Waals surface area contributed by atoms with Crippen molar-refractivity contribution < 1.29 is 9.47 Å². The molecule has 1 rings (SSSR count). The van der Waals surface area contributed by atoms with E-state index >= 15 is 0 Å². The highest BCUT2D eigenvalue weighted by atomic mass is 127. The van der Waals surface area contributed by atoms with Crippen LogP contribution >= 0.6 is 22.6 Å². The van der Waals surface area contributed by atoms with Crippen LogP contribution < -0.4 is 4.74 Å². The van der Waals surface area contributed by atoms with Gasteiger partial charge in [0, 0.05) is 7.11 Å². The van der Waals surface area contributed by atoms with Crippen LogP contribution in [-0.4, -0.2) is 13.7 Å². The van der Waals surface area contributed by atoms with Crippen LogP contribution in [0.4, 0.5) is 0 Å². The van der Waals surface area contributed by atoms with Gasteiger partial charge < -0.3 is 9.47 Å². The molecule has 0 aliphatic carbocycles. The highest BCUT2D eigenvalue weighted by Gasteiger charge is 2.11. The molecule has 0 spiro atoms. The zero-order valence-electron chi connectivity index (χ0n) is 8.71. The molecular weight excluding hydrogens is 291 g/mol. The minimum atomic E-state index is 0.113. The first-order chi connectivity index (χ1) is 6.70. The van der Waals surface area contributed by atoms with E-state index in [2.05, 4.69) is 28.7 Å². The molecule has 0 bridgehead atoms. The summed E-state index contributed by atoms with van der Waals surface area (Å²) in [5.41, 5.74) is 1.18. The van der Waals surface area contributed by atoms with Crippen molar-refractivity contribution in [3.8, 4) is 5.75 Å². The number of ether oxygens (including phenoxy) is 2. The Balaban J connectivity index is 3.00. The van der Waals surface area contributed by atoms with Gasteiger partial charge in [-0.25, -0.2) is 0 Å². The van der Waals surface area contributed by atoms with E-state index in [9.17, 15) is 0 Å². The molecule has 0 radical (unpaired) electrons. The third-order valence-electron chi connectivity index (χ3n) is 2.08. The SMILES string of the molecule is CCOc1cccc([C@H](C)OC)c1I. The van der Waals surface area contributed by atoms with Crippen molar-refractivity contribution in [3.05, 3.63) is 27.3 Å². The van der Waals surface area contributed by atoms with Crippen LogP contribution in [0.1, 0.15) is 25.5 Å². The molecule has 0 saturated carbocycles. The summed E-state index contributed by atoms with van der Waals surface area (Å²) in [4.78, 5) is 0. The monoisotopic (exact) mass is 306 g/mol. The lowest BCUT2D eigenvalue weighted by Gasteiger charge is -2.14. The van der Waals surface area contributed by atoms with Crippen LogP contribution in [0.15, 0.2) is 18.2 Å². The fourth-order valence-electron chi connectivity index (χ4n) is 1.24. The molecule has 0 aliphatic heterocycles. The lowest BCUT2D eigenvalue weighted by molar-refractivity contribution is 0.118. The van der Waals surface area contributed by atoms with E-state index in [0.717, 1.165) is 9.32 Å². The van der Waals surface area contributed by atoms with Gasteiger partial charge in [-0.1, -0.05) is 12.1 Å². The van der Waals surface area contributed by atoms with Gasteiger partial charge in [0.15, 0.2) is 0 Å². The van der Waals surface area contributed by atoms with Crippen molar-refractivity contribution in [2.24, 2.45) is 0 Å². The lowest BCUT2D eigenvalue weighted by Crippen LogP contribution is -2.01. The summed E-state index contributed by atoms with van der Waals surface area (Å²) < 4.78 is 11.9. The van der Waals surface area contributed by atoms with Crippen LogP contribution in [0.2, 0.25) is 0 Å². The minimum absolute atomic E-state index is 0.113.